The molecule has 0 radical (unpaired) electrons. The summed E-state index contributed by atoms with van der Waals surface area (Å²) in [5.41, 5.74) is 0. The summed E-state index contributed by atoms with van der Waals surface area (Å²) in [5, 5.41) is 11.8. The summed E-state index contributed by atoms with van der Waals surface area (Å²) in [6.07, 6.45) is 0. The van der Waals surface area contributed by atoms with E-state index in [0.717, 1.165) is 0 Å². The molecule has 2 amide bonds. The Hall–Kier alpha value is -1.61. The van der Waals surface area contributed by atoms with Gasteiger partial charge < -0.3 is 15.0 Å². The van der Waals surface area contributed by atoms with E-state index in [9.17, 15) is 9.59 Å². The van der Waals surface area contributed by atoms with E-state index in [-0.39, 0.29) is 24.3 Å². The van der Waals surface area contributed by atoms with E-state index in [1.165, 1.54) is 4.90 Å². The van der Waals surface area contributed by atoms with E-state index in [2.05, 4.69) is 5.32 Å². The van der Waals surface area contributed by atoms with E-state index >= 15 is 0 Å². The predicted molar refractivity (Wildman–Crippen MR) is 68.9 cm³/mol. The van der Waals surface area contributed by atoms with Crippen molar-refractivity contribution in [1.29, 1.82) is 5.26 Å². The van der Waals surface area contributed by atoms with Crippen LogP contribution in [0, 0.1) is 23.2 Å². The van der Waals surface area contributed by atoms with Crippen LogP contribution in [-0.2, 0) is 14.3 Å². The van der Waals surface area contributed by atoms with Gasteiger partial charge in [-0.25, -0.2) is 0 Å². The average Bonchev–Trinajstić information content (AvgIpc) is 2.39. The van der Waals surface area contributed by atoms with Gasteiger partial charge in [0.05, 0.1) is 19.3 Å². The maximum atomic E-state index is 12.4. The molecule has 1 aliphatic rings. The molecule has 0 aliphatic carbocycles. The van der Waals surface area contributed by atoms with Crippen molar-refractivity contribution in [2.24, 2.45) is 11.8 Å². The molecule has 1 rings (SSSR count). The van der Waals surface area contributed by atoms with Crippen LogP contribution in [0.1, 0.15) is 20.8 Å². The molecule has 1 heterocycles. The Labute approximate surface area is 113 Å². The second-order valence-electron chi connectivity index (χ2n) is 4.87. The minimum atomic E-state index is -0.713. The van der Waals surface area contributed by atoms with Gasteiger partial charge in [0.15, 0.2) is 0 Å². The number of rotatable bonds is 4. The summed E-state index contributed by atoms with van der Waals surface area (Å²) < 4.78 is 5.27. The largest absolute Gasteiger partial charge is 0.377 e. The molecule has 0 aromatic rings. The van der Waals surface area contributed by atoms with Gasteiger partial charge in [-0.2, -0.15) is 5.26 Å². The molecule has 106 valence electrons. The van der Waals surface area contributed by atoms with Crippen LogP contribution in [0.3, 0.4) is 0 Å². The number of amides is 2. The second-order valence-corrected chi connectivity index (χ2v) is 4.87. The van der Waals surface area contributed by atoms with Crippen LogP contribution in [0.25, 0.3) is 0 Å². The Morgan fingerprint density at radius 2 is 2.21 bits per heavy atom. The lowest BCUT2D eigenvalue weighted by molar-refractivity contribution is -0.151. The molecule has 6 heteroatoms. The second kappa shape index (κ2) is 7.10. The molecule has 1 saturated heterocycles. The van der Waals surface area contributed by atoms with Gasteiger partial charge in [-0.05, 0) is 12.8 Å². The normalized spacial score (nSPS) is 20.8. The summed E-state index contributed by atoms with van der Waals surface area (Å²) in [7, 11) is 0. The topological polar surface area (TPSA) is 82.4 Å². The first-order valence-corrected chi connectivity index (χ1v) is 6.58. The fourth-order valence-corrected chi connectivity index (χ4v) is 2.04. The fourth-order valence-electron chi connectivity index (χ4n) is 2.04. The van der Waals surface area contributed by atoms with Crippen molar-refractivity contribution in [3.05, 3.63) is 0 Å². The van der Waals surface area contributed by atoms with E-state index in [4.69, 9.17) is 10.00 Å². The third-order valence-electron chi connectivity index (χ3n) is 3.14. The quantitative estimate of drug-likeness (QED) is 0.785. The molecule has 6 nitrogen and oxygen atoms in total. The first-order chi connectivity index (χ1) is 9.02. The zero-order chi connectivity index (χ0) is 14.4. The summed E-state index contributed by atoms with van der Waals surface area (Å²) in [6, 6.07) is 1.40. The monoisotopic (exact) mass is 267 g/mol. The Kier molecular flexibility index (Phi) is 5.77. The summed E-state index contributed by atoms with van der Waals surface area (Å²) in [6.45, 7) is 6.92. The predicted octanol–water partition coefficient (Wildman–Crippen LogP) is 0.146. The summed E-state index contributed by atoms with van der Waals surface area (Å²) in [5.74, 6) is -1.29. The minimum Gasteiger partial charge on any atom is -0.377 e. The smallest absolute Gasteiger partial charge is 0.245 e. The van der Waals surface area contributed by atoms with Gasteiger partial charge in [0.2, 0.25) is 11.8 Å². The van der Waals surface area contributed by atoms with Crippen molar-refractivity contribution < 1.29 is 14.3 Å². The number of ether oxygens (including phenoxy) is 1. The lowest BCUT2D eigenvalue weighted by Crippen LogP contribution is -2.57. The molecule has 19 heavy (non-hydrogen) atoms. The highest BCUT2D eigenvalue weighted by molar-refractivity contribution is 5.89. The van der Waals surface area contributed by atoms with Gasteiger partial charge in [0.25, 0.3) is 0 Å². The molecule has 0 spiro atoms. The maximum absolute atomic E-state index is 12.4. The highest BCUT2D eigenvalue weighted by atomic mass is 16.5. The number of hydrogen-bond donors (Lipinski definition) is 1. The molecule has 0 aromatic carbocycles. The van der Waals surface area contributed by atoms with E-state index < -0.39 is 12.0 Å². The Morgan fingerprint density at radius 1 is 1.53 bits per heavy atom. The Morgan fingerprint density at radius 3 is 2.74 bits per heavy atom. The van der Waals surface area contributed by atoms with E-state index in [0.29, 0.717) is 19.7 Å². The van der Waals surface area contributed by atoms with Crippen molar-refractivity contribution in [3.8, 4) is 6.07 Å². The van der Waals surface area contributed by atoms with Gasteiger partial charge in [-0.1, -0.05) is 13.8 Å². The van der Waals surface area contributed by atoms with Crippen molar-refractivity contribution in [2.45, 2.75) is 26.8 Å². The number of nitrogens with one attached hydrogen (secondary N) is 1. The number of nitriles is 1. The van der Waals surface area contributed by atoms with E-state index in [1.54, 1.807) is 0 Å². The Balaban J connectivity index is 2.85. The first-order valence-electron chi connectivity index (χ1n) is 6.58. The molecule has 1 aliphatic heterocycles. The molecule has 2 unspecified atom stereocenters. The molecule has 1 fully saturated rings. The average molecular weight is 267 g/mol. The highest BCUT2D eigenvalue weighted by Gasteiger charge is 2.36. The number of likely N-dealkylation sites (N-methyl/N-ethyl adjacent to an activating group) is 1. The number of carbonyl (C=O) groups excluding carboxylic acids is 2. The van der Waals surface area contributed by atoms with E-state index in [1.807, 2.05) is 26.8 Å². The standard InChI is InChI=1S/C13H21N3O3/c1-4-15-12(17)11-8-19-6-5-16(11)13(18)10(7-14)9(2)3/h9-11H,4-6,8H2,1-3H3,(H,15,17). The van der Waals surface area contributed by atoms with Gasteiger partial charge >= 0.3 is 0 Å². The van der Waals surface area contributed by atoms with Crippen molar-refractivity contribution in [2.75, 3.05) is 26.3 Å². The zero-order valence-electron chi connectivity index (χ0n) is 11.7. The van der Waals surface area contributed by atoms with Crippen LogP contribution in [0.4, 0.5) is 0 Å². The van der Waals surface area contributed by atoms with Crippen LogP contribution in [0.2, 0.25) is 0 Å². The molecular weight excluding hydrogens is 246 g/mol. The SMILES string of the molecule is CCNC(=O)C1COCCN1C(=O)C(C#N)C(C)C. The number of morpholine rings is 1. The fraction of sp³-hybridized carbons (Fsp3) is 0.769. The van der Waals surface area contributed by atoms with Crippen LogP contribution >= 0.6 is 0 Å². The van der Waals surface area contributed by atoms with Crippen LogP contribution < -0.4 is 5.32 Å². The number of hydrogen-bond acceptors (Lipinski definition) is 4. The lowest BCUT2D eigenvalue weighted by atomic mass is 9.95. The highest BCUT2D eigenvalue weighted by Crippen LogP contribution is 2.17. The Bertz CT molecular complexity index is 376. The maximum Gasteiger partial charge on any atom is 0.245 e. The number of carbonyl (C=O) groups is 2. The third-order valence-corrected chi connectivity index (χ3v) is 3.14. The molecule has 0 aromatic heterocycles. The van der Waals surface area contributed by atoms with Gasteiger partial charge in [-0.15, -0.1) is 0 Å². The van der Waals surface area contributed by atoms with Crippen molar-refractivity contribution in [1.82, 2.24) is 10.2 Å². The van der Waals surface area contributed by atoms with Crippen LogP contribution in [0.15, 0.2) is 0 Å². The molecule has 2 atom stereocenters. The van der Waals surface area contributed by atoms with Gasteiger partial charge in [0, 0.05) is 13.1 Å². The van der Waals surface area contributed by atoms with Crippen LogP contribution in [0.5, 0.6) is 0 Å². The van der Waals surface area contributed by atoms with Gasteiger partial charge in [-0.3, -0.25) is 9.59 Å². The molecule has 0 bridgehead atoms. The molecular formula is C13H21N3O3. The third kappa shape index (κ3) is 3.67. The summed E-state index contributed by atoms with van der Waals surface area (Å²) in [4.78, 5) is 25.8. The summed E-state index contributed by atoms with van der Waals surface area (Å²) >= 11 is 0. The van der Waals surface area contributed by atoms with Crippen molar-refractivity contribution in [3.63, 3.8) is 0 Å². The lowest BCUT2D eigenvalue weighted by Gasteiger charge is -2.36. The van der Waals surface area contributed by atoms with Crippen LogP contribution in [-0.4, -0.2) is 49.1 Å². The number of nitrogens with zero attached hydrogens (tertiary/aromatic N) is 2. The zero-order valence-corrected chi connectivity index (χ0v) is 11.7. The van der Waals surface area contributed by atoms with Gasteiger partial charge in [0.1, 0.15) is 12.0 Å². The minimum absolute atomic E-state index is 0.0739. The molecule has 1 N–H and O–H groups in total. The first kappa shape index (κ1) is 15.4. The molecule has 0 saturated carbocycles. The van der Waals surface area contributed by atoms with Crippen molar-refractivity contribution >= 4 is 11.8 Å².